The Kier molecular flexibility index (Phi) is 5.27. The highest BCUT2D eigenvalue weighted by Gasteiger charge is 2.29. The van der Waals surface area contributed by atoms with Gasteiger partial charge in [-0.3, -0.25) is 4.90 Å². The monoisotopic (exact) mass is 368 g/mol. The van der Waals surface area contributed by atoms with E-state index in [9.17, 15) is 8.42 Å². The summed E-state index contributed by atoms with van der Waals surface area (Å²) in [5.41, 5.74) is 0.825. The Bertz CT molecular complexity index is 796. The lowest BCUT2D eigenvalue weighted by molar-refractivity contribution is 0.203. The molecule has 0 aliphatic carbocycles. The summed E-state index contributed by atoms with van der Waals surface area (Å²) in [5, 5.41) is 0.424. The zero-order valence-corrected chi connectivity index (χ0v) is 15.2. The second kappa shape index (κ2) is 7.25. The van der Waals surface area contributed by atoms with Crippen LogP contribution in [0.5, 0.6) is 0 Å². The summed E-state index contributed by atoms with van der Waals surface area (Å²) in [4.78, 5) is 6.51. The molecule has 2 heterocycles. The van der Waals surface area contributed by atoms with Crippen molar-refractivity contribution in [3.63, 3.8) is 0 Å². The van der Waals surface area contributed by atoms with Gasteiger partial charge in [-0.25, -0.2) is 13.4 Å². The highest BCUT2D eigenvalue weighted by atomic mass is 35.5. The van der Waals surface area contributed by atoms with Gasteiger partial charge in [0.05, 0.1) is 23.0 Å². The van der Waals surface area contributed by atoms with Crippen molar-refractivity contribution < 1.29 is 12.8 Å². The standard InChI is InChI=1S/C17H21ClN2O3S/c1-2-24(21,22)13-7-9-20(10-8-13)12-17-19-11-16(23-17)14-5-3-4-6-15(14)18/h3-6,11,13H,2,7-10,12H2,1H3. The van der Waals surface area contributed by atoms with E-state index in [4.69, 9.17) is 16.0 Å². The van der Waals surface area contributed by atoms with Crippen LogP contribution in [0.4, 0.5) is 0 Å². The van der Waals surface area contributed by atoms with Crippen LogP contribution in [0, 0.1) is 0 Å². The first-order valence-corrected chi connectivity index (χ1v) is 10.2. The van der Waals surface area contributed by atoms with Crippen LogP contribution >= 0.6 is 11.6 Å². The van der Waals surface area contributed by atoms with E-state index in [0.717, 1.165) is 18.7 Å². The van der Waals surface area contributed by atoms with Crippen molar-refractivity contribution in [1.82, 2.24) is 9.88 Å². The average molecular weight is 369 g/mol. The van der Waals surface area contributed by atoms with Gasteiger partial charge in [0.15, 0.2) is 15.6 Å². The van der Waals surface area contributed by atoms with Gasteiger partial charge in [0.25, 0.3) is 0 Å². The quantitative estimate of drug-likeness (QED) is 0.809. The maximum absolute atomic E-state index is 11.9. The first-order valence-electron chi connectivity index (χ1n) is 8.13. The van der Waals surface area contributed by atoms with E-state index in [1.807, 2.05) is 24.3 Å². The van der Waals surface area contributed by atoms with Crippen LogP contribution in [0.2, 0.25) is 5.02 Å². The number of hydrogen-bond donors (Lipinski definition) is 0. The van der Waals surface area contributed by atoms with Crippen LogP contribution in [0.25, 0.3) is 11.3 Å². The molecule has 1 aromatic carbocycles. The van der Waals surface area contributed by atoms with Crippen LogP contribution in [-0.2, 0) is 16.4 Å². The van der Waals surface area contributed by atoms with E-state index in [2.05, 4.69) is 9.88 Å². The van der Waals surface area contributed by atoms with Gasteiger partial charge in [0, 0.05) is 11.3 Å². The van der Waals surface area contributed by atoms with Crippen LogP contribution in [0.1, 0.15) is 25.7 Å². The van der Waals surface area contributed by atoms with E-state index in [-0.39, 0.29) is 11.0 Å². The number of likely N-dealkylation sites (tertiary alicyclic amines) is 1. The SMILES string of the molecule is CCS(=O)(=O)C1CCN(Cc2ncc(-c3ccccc3Cl)o2)CC1. The number of hydrogen-bond acceptors (Lipinski definition) is 5. The van der Waals surface area contributed by atoms with Crippen molar-refractivity contribution in [2.75, 3.05) is 18.8 Å². The van der Waals surface area contributed by atoms with E-state index >= 15 is 0 Å². The molecule has 0 atom stereocenters. The summed E-state index contributed by atoms with van der Waals surface area (Å²) in [7, 11) is -2.93. The Morgan fingerprint density at radius 2 is 2.00 bits per heavy atom. The largest absolute Gasteiger partial charge is 0.439 e. The number of benzene rings is 1. The number of aromatic nitrogens is 1. The first-order chi connectivity index (χ1) is 11.5. The number of halogens is 1. The molecule has 0 N–H and O–H groups in total. The molecule has 1 saturated heterocycles. The summed E-state index contributed by atoms with van der Waals surface area (Å²) in [5.74, 6) is 1.50. The maximum Gasteiger partial charge on any atom is 0.209 e. The third kappa shape index (κ3) is 3.82. The van der Waals surface area contributed by atoms with E-state index in [1.54, 1.807) is 13.1 Å². The lowest BCUT2D eigenvalue weighted by Crippen LogP contribution is -2.39. The van der Waals surface area contributed by atoms with Gasteiger partial charge in [-0.05, 0) is 38.1 Å². The predicted molar refractivity (Wildman–Crippen MR) is 94.7 cm³/mol. The summed E-state index contributed by atoms with van der Waals surface area (Å²) in [6.45, 7) is 3.79. The molecule has 0 radical (unpaired) electrons. The van der Waals surface area contributed by atoms with Crippen LogP contribution in [0.3, 0.4) is 0 Å². The van der Waals surface area contributed by atoms with E-state index in [0.29, 0.717) is 36.1 Å². The zero-order chi connectivity index (χ0) is 17.2. The fourth-order valence-electron chi connectivity index (χ4n) is 3.02. The number of sulfone groups is 1. The molecule has 7 heteroatoms. The minimum atomic E-state index is -2.93. The lowest BCUT2D eigenvalue weighted by Gasteiger charge is -2.30. The van der Waals surface area contributed by atoms with Crippen LogP contribution in [0.15, 0.2) is 34.9 Å². The van der Waals surface area contributed by atoms with Crippen molar-refractivity contribution in [3.05, 3.63) is 41.4 Å². The number of piperidine rings is 1. The Hall–Kier alpha value is -1.37. The Balaban J connectivity index is 1.62. The van der Waals surface area contributed by atoms with Crippen molar-refractivity contribution in [2.45, 2.75) is 31.6 Å². The normalized spacial score (nSPS) is 17.2. The van der Waals surface area contributed by atoms with Crippen LogP contribution < -0.4 is 0 Å². The fourth-order valence-corrected chi connectivity index (χ4v) is 4.65. The zero-order valence-electron chi connectivity index (χ0n) is 13.6. The number of oxazole rings is 1. The third-order valence-corrected chi connectivity index (χ3v) is 7.12. The molecule has 0 spiro atoms. The molecular formula is C17H21ClN2O3S. The van der Waals surface area contributed by atoms with E-state index in [1.165, 1.54) is 0 Å². The molecule has 5 nitrogen and oxygen atoms in total. The van der Waals surface area contributed by atoms with Gasteiger partial charge in [-0.15, -0.1) is 0 Å². The second-order valence-corrected chi connectivity index (χ2v) is 9.00. The van der Waals surface area contributed by atoms with Crippen LogP contribution in [-0.4, -0.2) is 42.4 Å². The maximum atomic E-state index is 11.9. The summed E-state index contributed by atoms with van der Waals surface area (Å²) < 4.78 is 29.7. The Morgan fingerprint density at radius 3 is 2.67 bits per heavy atom. The molecule has 2 aromatic rings. The fraction of sp³-hybridized carbons (Fsp3) is 0.471. The molecule has 0 unspecified atom stereocenters. The number of nitrogens with zero attached hydrogens (tertiary/aromatic N) is 2. The first kappa shape index (κ1) is 17.5. The Labute approximate surface area is 147 Å². The van der Waals surface area contributed by atoms with Gasteiger partial charge >= 0.3 is 0 Å². The summed E-state index contributed by atoms with van der Waals surface area (Å²) in [6.07, 6.45) is 3.04. The molecule has 1 aliphatic heterocycles. The van der Waals surface area contributed by atoms with Gasteiger partial charge in [-0.2, -0.15) is 0 Å². The molecule has 0 saturated carbocycles. The van der Waals surface area contributed by atoms with E-state index < -0.39 is 9.84 Å². The summed E-state index contributed by atoms with van der Waals surface area (Å²) >= 11 is 6.18. The predicted octanol–water partition coefficient (Wildman–Crippen LogP) is 3.39. The molecule has 1 aliphatic rings. The van der Waals surface area contributed by atoms with Crippen molar-refractivity contribution >= 4 is 21.4 Å². The molecular weight excluding hydrogens is 348 g/mol. The van der Waals surface area contributed by atoms with Gasteiger partial charge in [0.1, 0.15) is 0 Å². The topological polar surface area (TPSA) is 63.4 Å². The second-order valence-electron chi connectivity index (χ2n) is 6.03. The molecule has 0 amide bonds. The highest BCUT2D eigenvalue weighted by molar-refractivity contribution is 7.92. The molecule has 24 heavy (non-hydrogen) atoms. The van der Waals surface area contributed by atoms with Gasteiger partial charge in [0.2, 0.25) is 5.89 Å². The smallest absolute Gasteiger partial charge is 0.209 e. The third-order valence-electron chi connectivity index (χ3n) is 4.50. The molecule has 130 valence electrons. The number of rotatable bonds is 5. The molecule has 1 fully saturated rings. The highest BCUT2D eigenvalue weighted by Crippen LogP contribution is 2.28. The van der Waals surface area contributed by atoms with Crippen molar-refractivity contribution in [3.8, 4) is 11.3 Å². The average Bonchev–Trinajstić information content (AvgIpc) is 3.04. The minimum Gasteiger partial charge on any atom is -0.439 e. The Morgan fingerprint density at radius 1 is 1.29 bits per heavy atom. The molecule has 0 bridgehead atoms. The lowest BCUT2D eigenvalue weighted by atomic mass is 10.1. The minimum absolute atomic E-state index is 0.206. The van der Waals surface area contributed by atoms with Crippen molar-refractivity contribution in [2.24, 2.45) is 0 Å². The summed E-state index contributed by atoms with van der Waals surface area (Å²) in [6, 6.07) is 7.49. The molecule has 1 aromatic heterocycles. The molecule has 3 rings (SSSR count). The van der Waals surface area contributed by atoms with Gasteiger partial charge < -0.3 is 4.42 Å². The van der Waals surface area contributed by atoms with Crippen molar-refractivity contribution in [1.29, 1.82) is 0 Å². The van der Waals surface area contributed by atoms with Gasteiger partial charge in [-0.1, -0.05) is 30.7 Å².